The van der Waals surface area contributed by atoms with E-state index in [1.807, 2.05) is 0 Å². The molecule has 0 unspecified atom stereocenters. The summed E-state index contributed by atoms with van der Waals surface area (Å²) < 4.78 is 39.9. The maximum absolute atomic E-state index is 13.2. The largest absolute Gasteiger partial charge is 0.396 e. The first-order chi connectivity index (χ1) is 9.29. The van der Waals surface area contributed by atoms with Crippen molar-refractivity contribution in [2.24, 2.45) is 0 Å². The van der Waals surface area contributed by atoms with Crippen LogP contribution >= 0.6 is 27.5 Å². The third kappa shape index (κ3) is 3.20. The maximum Gasteiger partial charge on any atom is 0.264 e. The van der Waals surface area contributed by atoms with E-state index in [0.717, 1.165) is 12.1 Å². The smallest absolute Gasteiger partial charge is 0.264 e. The number of nitrogens with one attached hydrogen (secondary N) is 1. The van der Waals surface area contributed by atoms with E-state index < -0.39 is 15.8 Å². The van der Waals surface area contributed by atoms with Gasteiger partial charge in [0.25, 0.3) is 10.0 Å². The van der Waals surface area contributed by atoms with Crippen LogP contribution in [0, 0.1) is 5.82 Å². The van der Waals surface area contributed by atoms with Crippen molar-refractivity contribution >= 4 is 49.1 Å². The Kier molecular flexibility index (Phi) is 4.17. The molecule has 0 saturated carbocycles. The van der Waals surface area contributed by atoms with Crippen molar-refractivity contribution in [3.8, 4) is 0 Å². The Labute approximate surface area is 128 Å². The molecule has 0 amide bonds. The van der Waals surface area contributed by atoms with E-state index in [-0.39, 0.29) is 26.0 Å². The molecule has 9 heteroatoms. The van der Waals surface area contributed by atoms with Crippen molar-refractivity contribution in [2.45, 2.75) is 4.90 Å². The average molecular weight is 381 g/mol. The lowest BCUT2D eigenvalue weighted by molar-refractivity contribution is 0.599. The highest BCUT2D eigenvalue weighted by molar-refractivity contribution is 9.10. The molecule has 1 aromatic carbocycles. The van der Waals surface area contributed by atoms with Crippen molar-refractivity contribution in [3.05, 3.63) is 45.8 Å². The second kappa shape index (κ2) is 5.55. The van der Waals surface area contributed by atoms with Gasteiger partial charge in [-0.15, -0.1) is 0 Å². The molecule has 5 nitrogen and oxygen atoms in total. The van der Waals surface area contributed by atoms with Crippen LogP contribution < -0.4 is 10.5 Å². The fourth-order valence-electron chi connectivity index (χ4n) is 1.41. The van der Waals surface area contributed by atoms with Crippen molar-refractivity contribution in [3.63, 3.8) is 0 Å². The van der Waals surface area contributed by atoms with E-state index in [0.29, 0.717) is 0 Å². The second-order valence-corrected chi connectivity index (χ2v) is 6.65. The number of nitrogen functional groups attached to an aromatic ring is 1. The highest BCUT2D eigenvalue weighted by atomic mass is 79.9. The lowest BCUT2D eigenvalue weighted by atomic mass is 10.3. The number of benzene rings is 1. The summed E-state index contributed by atoms with van der Waals surface area (Å²) in [6, 6.07) is 6.48. The Bertz CT molecular complexity index is 770. The van der Waals surface area contributed by atoms with Crippen molar-refractivity contribution in [2.75, 3.05) is 10.5 Å². The molecule has 0 bridgehead atoms. The Morgan fingerprint density at radius 3 is 2.70 bits per heavy atom. The van der Waals surface area contributed by atoms with Crippen LogP contribution in [0.1, 0.15) is 0 Å². The molecular formula is C11H8BrClFN3O2S. The van der Waals surface area contributed by atoms with Gasteiger partial charge in [-0.05, 0) is 40.2 Å². The number of nitrogens with zero attached hydrogens (tertiary/aromatic N) is 1. The van der Waals surface area contributed by atoms with Gasteiger partial charge in [-0.2, -0.15) is 0 Å². The van der Waals surface area contributed by atoms with Crippen LogP contribution in [0.2, 0.25) is 5.15 Å². The zero-order valence-electron chi connectivity index (χ0n) is 9.77. The van der Waals surface area contributed by atoms with E-state index in [1.165, 1.54) is 12.1 Å². The van der Waals surface area contributed by atoms with Crippen LogP contribution in [0.3, 0.4) is 0 Å². The molecule has 0 aliphatic carbocycles. The Morgan fingerprint density at radius 2 is 2.05 bits per heavy atom. The molecular weight excluding hydrogens is 373 g/mol. The zero-order valence-corrected chi connectivity index (χ0v) is 12.9. The first-order valence-electron chi connectivity index (χ1n) is 5.19. The van der Waals surface area contributed by atoms with E-state index in [9.17, 15) is 12.8 Å². The monoisotopic (exact) mass is 379 g/mol. The van der Waals surface area contributed by atoms with Gasteiger partial charge in [0.1, 0.15) is 21.7 Å². The summed E-state index contributed by atoms with van der Waals surface area (Å²) in [7, 11) is -3.96. The number of hydrogen-bond donors (Lipinski definition) is 2. The quantitative estimate of drug-likeness (QED) is 0.633. The minimum Gasteiger partial charge on any atom is -0.396 e. The number of hydrogen-bond acceptors (Lipinski definition) is 4. The molecule has 2 aromatic rings. The molecule has 1 heterocycles. The summed E-state index contributed by atoms with van der Waals surface area (Å²) in [4.78, 5) is 3.61. The van der Waals surface area contributed by atoms with Gasteiger partial charge in [0, 0.05) is 4.47 Å². The summed E-state index contributed by atoms with van der Waals surface area (Å²) >= 11 is 8.66. The van der Waals surface area contributed by atoms with Crippen LogP contribution in [0.5, 0.6) is 0 Å². The molecule has 0 fully saturated rings. The normalized spacial score (nSPS) is 11.3. The van der Waals surface area contributed by atoms with Gasteiger partial charge in [-0.25, -0.2) is 17.8 Å². The topological polar surface area (TPSA) is 85.1 Å². The lowest BCUT2D eigenvalue weighted by Crippen LogP contribution is -2.15. The van der Waals surface area contributed by atoms with Crippen molar-refractivity contribution in [1.82, 2.24) is 4.98 Å². The predicted octanol–water partition coefficient (Wildman–Crippen LogP) is 3.02. The predicted molar refractivity (Wildman–Crippen MR) is 78.6 cm³/mol. The molecule has 0 aliphatic rings. The zero-order chi connectivity index (χ0) is 14.9. The van der Waals surface area contributed by atoms with Gasteiger partial charge in [0.2, 0.25) is 0 Å². The molecule has 0 aliphatic heterocycles. The van der Waals surface area contributed by atoms with E-state index in [1.54, 1.807) is 6.07 Å². The van der Waals surface area contributed by atoms with Gasteiger partial charge >= 0.3 is 0 Å². The Balaban J connectivity index is 2.43. The summed E-state index contributed by atoms with van der Waals surface area (Å²) in [5, 5.41) is 0.142. The van der Waals surface area contributed by atoms with E-state index >= 15 is 0 Å². The highest BCUT2D eigenvalue weighted by Crippen LogP contribution is 2.28. The molecule has 1 aromatic heterocycles. The molecule has 0 saturated heterocycles. The number of halogens is 3. The lowest BCUT2D eigenvalue weighted by Gasteiger charge is -2.10. The fourth-order valence-corrected chi connectivity index (χ4v) is 3.62. The highest BCUT2D eigenvalue weighted by Gasteiger charge is 2.20. The molecule has 3 N–H and O–H groups in total. The minimum absolute atomic E-state index is 0.0484. The first kappa shape index (κ1) is 15.0. The van der Waals surface area contributed by atoms with Gasteiger partial charge in [0.15, 0.2) is 0 Å². The number of sulfonamides is 1. The SMILES string of the molecule is Nc1cc(S(=O)(=O)Nc2cccc(Cl)n2)c(Br)cc1F. The molecule has 0 atom stereocenters. The Hall–Kier alpha value is -1.38. The average Bonchev–Trinajstić information content (AvgIpc) is 2.33. The summed E-state index contributed by atoms with van der Waals surface area (Å²) in [6.07, 6.45) is 0. The summed E-state index contributed by atoms with van der Waals surface area (Å²) in [5.74, 6) is -0.663. The summed E-state index contributed by atoms with van der Waals surface area (Å²) in [5.41, 5.74) is 5.11. The molecule has 106 valence electrons. The van der Waals surface area contributed by atoms with E-state index in [2.05, 4.69) is 25.6 Å². The summed E-state index contributed by atoms with van der Waals surface area (Å²) in [6.45, 7) is 0. The van der Waals surface area contributed by atoms with Gasteiger partial charge in [-0.1, -0.05) is 17.7 Å². The number of nitrogens with two attached hydrogens (primary N) is 1. The van der Waals surface area contributed by atoms with Crippen LogP contribution in [0.4, 0.5) is 15.9 Å². The van der Waals surface area contributed by atoms with Gasteiger partial charge < -0.3 is 5.73 Å². The van der Waals surface area contributed by atoms with Crippen LogP contribution in [0.25, 0.3) is 0 Å². The first-order valence-corrected chi connectivity index (χ1v) is 7.85. The molecule has 20 heavy (non-hydrogen) atoms. The number of pyridine rings is 1. The van der Waals surface area contributed by atoms with Gasteiger partial charge in [0.05, 0.1) is 5.69 Å². The second-order valence-electron chi connectivity index (χ2n) is 3.76. The van der Waals surface area contributed by atoms with Crippen LogP contribution in [-0.2, 0) is 10.0 Å². The minimum atomic E-state index is -3.96. The number of aromatic nitrogens is 1. The van der Waals surface area contributed by atoms with Crippen molar-refractivity contribution < 1.29 is 12.8 Å². The van der Waals surface area contributed by atoms with Crippen LogP contribution in [-0.4, -0.2) is 13.4 Å². The number of anilines is 2. The molecule has 0 spiro atoms. The fraction of sp³-hybridized carbons (Fsp3) is 0. The maximum atomic E-state index is 13.2. The Morgan fingerprint density at radius 1 is 1.35 bits per heavy atom. The van der Waals surface area contributed by atoms with E-state index in [4.69, 9.17) is 17.3 Å². The standard InChI is InChI=1S/C11H8BrClFN3O2S/c12-6-4-7(14)8(15)5-9(6)20(18,19)17-11-3-1-2-10(13)16-11/h1-5H,15H2,(H,16,17). The molecule has 2 rings (SSSR count). The van der Waals surface area contributed by atoms with Gasteiger partial charge in [-0.3, -0.25) is 4.72 Å². The molecule has 0 radical (unpaired) electrons. The number of rotatable bonds is 3. The third-order valence-electron chi connectivity index (χ3n) is 2.29. The van der Waals surface area contributed by atoms with Crippen molar-refractivity contribution in [1.29, 1.82) is 0 Å². The van der Waals surface area contributed by atoms with Crippen LogP contribution in [0.15, 0.2) is 39.7 Å². The third-order valence-corrected chi connectivity index (χ3v) is 4.82.